The van der Waals surface area contributed by atoms with Crippen LogP contribution in [0.4, 0.5) is 0 Å². The molecule has 0 amide bonds. The molecule has 1 saturated carbocycles. The topological polar surface area (TPSA) is 82.3 Å². The summed E-state index contributed by atoms with van der Waals surface area (Å²) in [4.78, 5) is 4.10. The number of rotatable bonds is 4. The van der Waals surface area contributed by atoms with Crippen LogP contribution in [0.25, 0.3) is 0 Å². The lowest BCUT2D eigenvalue weighted by molar-refractivity contribution is 0.208. The van der Waals surface area contributed by atoms with Gasteiger partial charge >= 0.3 is 0 Å². The first-order valence-corrected chi connectivity index (χ1v) is 7.87. The monoisotopic (exact) mass is 270 g/mol. The maximum Gasteiger partial charge on any atom is 0.232 e. The summed E-state index contributed by atoms with van der Waals surface area (Å²) in [5.74, 6) is 0.150. The third-order valence-electron chi connectivity index (χ3n) is 3.23. The molecule has 6 heteroatoms. The molecule has 100 valence electrons. The third kappa shape index (κ3) is 3.00. The zero-order chi connectivity index (χ0) is 13.2. The van der Waals surface area contributed by atoms with Crippen molar-refractivity contribution in [2.24, 2.45) is 5.73 Å². The lowest BCUT2D eigenvalue weighted by atomic mass is 10.0. The number of hydrogen-bond donors (Lipinski definition) is 1. The van der Waals surface area contributed by atoms with E-state index in [-0.39, 0.29) is 16.3 Å². The Bertz CT molecular complexity index is 522. The van der Waals surface area contributed by atoms with Crippen LogP contribution in [0.15, 0.2) is 23.2 Å². The van der Waals surface area contributed by atoms with E-state index in [1.165, 1.54) is 12.3 Å². The molecule has 1 heterocycles. The fourth-order valence-corrected chi connectivity index (χ4v) is 2.96. The Morgan fingerprint density at radius 2 is 2.11 bits per heavy atom. The highest BCUT2D eigenvalue weighted by Crippen LogP contribution is 2.29. The van der Waals surface area contributed by atoms with Gasteiger partial charge in [-0.2, -0.15) is 0 Å². The van der Waals surface area contributed by atoms with E-state index in [1.54, 1.807) is 6.07 Å². The number of pyridine rings is 1. The zero-order valence-corrected chi connectivity index (χ0v) is 11.2. The highest BCUT2D eigenvalue weighted by molar-refractivity contribution is 7.90. The normalized spacial score (nSPS) is 18.8. The van der Waals surface area contributed by atoms with Gasteiger partial charge in [0.2, 0.25) is 5.88 Å². The van der Waals surface area contributed by atoms with Crippen LogP contribution >= 0.6 is 0 Å². The molecule has 0 saturated heterocycles. The molecule has 18 heavy (non-hydrogen) atoms. The average Bonchev–Trinajstić information content (AvgIpc) is 2.73. The van der Waals surface area contributed by atoms with Gasteiger partial charge in [-0.15, -0.1) is 0 Å². The second kappa shape index (κ2) is 4.85. The predicted molar refractivity (Wildman–Crippen MR) is 68.2 cm³/mol. The fourth-order valence-electron chi connectivity index (χ4n) is 2.20. The van der Waals surface area contributed by atoms with Gasteiger partial charge in [0, 0.05) is 12.5 Å². The molecule has 0 bridgehead atoms. The van der Waals surface area contributed by atoms with Crippen molar-refractivity contribution in [3.8, 4) is 5.88 Å². The SMILES string of the molecule is CS(=O)(=O)c1cccnc1OCC1(N)CCCC1. The number of hydrogen-bond acceptors (Lipinski definition) is 5. The Morgan fingerprint density at radius 1 is 1.44 bits per heavy atom. The molecular weight excluding hydrogens is 252 g/mol. The van der Waals surface area contributed by atoms with E-state index in [0.717, 1.165) is 31.9 Å². The van der Waals surface area contributed by atoms with Gasteiger partial charge in [0.25, 0.3) is 0 Å². The van der Waals surface area contributed by atoms with Crippen LogP contribution in [-0.2, 0) is 9.84 Å². The molecule has 1 aliphatic carbocycles. The van der Waals surface area contributed by atoms with E-state index in [2.05, 4.69) is 4.98 Å². The van der Waals surface area contributed by atoms with Gasteiger partial charge in [-0.25, -0.2) is 13.4 Å². The van der Waals surface area contributed by atoms with Gasteiger partial charge in [-0.3, -0.25) is 0 Å². The minimum absolute atomic E-state index is 0.117. The summed E-state index contributed by atoms with van der Waals surface area (Å²) in [5.41, 5.74) is 5.82. The maximum atomic E-state index is 11.6. The minimum atomic E-state index is -3.33. The molecule has 0 atom stereocenters. The molecule has 0 aliphatic heterocycles. The third-order valence-corrected chi connectivity index (χ3v) is 4.34. The van der Waals surface area contributed by atoms with E-state index in [4.69, 9.17) is 10.5 Å². The first-order valence-electron chi connectivity index (χ1n) is 5.97. The van der Waals surface area contributed by atoms with E-state index >= 15 is 0 Å². The Hall–Kier alpha value is -1.14. The molecule has 2 rings (SSSR count). The summed E-state index contributed by atoms with van der Waals surface area (Å²) in [5, 5.41) is 0. The van der Waals surface area contributed by atoms with E-state index < -0.39 is 9.84 Å². The van der Waals surface area contributed by atoms with E-state index in [9.17, 15) is 8.42 Å². The molecule has 0 spiro atoms. The highest BCUT2D eigenvalue weighted by atomic mass is 32.2. The maximum absolute atomic E-state index is 11.6. The van der Waals surface area contributed by atoms with E-state index in [0.29, 0.717) is 6.61 Å². The highest BCUT2D eigenvalue weighted by Gasteiger charge is 2.30. The fraction of sp³-hybridized carbons (Fsp3) is 0.583. The number of sulfone groups is 1. The van der Waals surface area contributed by atoms with Crippen molar-refractivity contribution >= 4 is 9.84 Å². The summed E-state index contributed by atoms with van der Waals surface area (Å²) in [7, 11) is -3.33. The Morgan fingerprint density at radius 3 is 2.72 bits per heavy atom. The largest absolute Gasteiger partial charge is 0.475 e. The molecule has 1 aliphatic rings. The average molecular weight is 270 g/mol. The molecular formula is C12H18N2O3S. The summed E-state index contributed by atoms with van der Waals surface area (Å²) in [6.07, 6.45) is 6.68. The van der Waals surface area contributed by atoms with Crippen LogP contribution in [0.5, 0.6) is 5.88 Å². The van der Waals surface area contributed by atoms with Crippen LogP contribution in [0.3, 0.4) is 0 Å². The standard InChI is InChI=1S/C12H18N2O3S/c1-18(15,16)10-5-4-8-14-11(10)17-9-12(13)6-2-3-7-12/h4-5,8H,2-3,6-7,9,13H2,1H3. The Kier molecular flexibility index (Phi) is 3.59. The number of nitrogens with two attached hydrogens (primary N) is 1. The molecule has 0 unspecified atom stereocenters. The molecule has 0 radical (unpaired) electrons. The molecule has 0 aromatic carbocycles. The number of nitrogens with zero attached hydrogens (tertiary/aromatic N) is 1. The lowest BCUT2D eigenvalue weighted by Crippen LogP contribution is -2.42. The van der Waals surface area contributed by atoms with Crippen molar-refractivity contribution in [2.45, 2.75) is 36.1 Å². The van der Waals surface area contributed by atoms with Crippen molar-refractivity contribution in [1.29, 1.82) is 0 Å². The second-order valence-electron chi connectivity index (χ2n) is 4.94. The Balaban J connectivity index is 2.15. The Labute approximate surface area is 107 Å². The van der Waals surface area contributed by atoms with E-state index in [1.807, 2.05) is 0 Å². The van der Waals surface area contributed by atoms with Crippen molar-refractivity contribution in [3.05, 3.63) is 18.3 Å². The zero-order valence-electron chi connectivity index (χ0n) is 10.4. The van der Waals surface area contributed by atoms with Crippen LogP contribution in [0, 0.1) is 0 Å². The van der Waals surface area contributed by atoms with Crippen LogP contribution in [0.1, 0.15) is 25.7 Å². The molecule has 1 aromatic heterocycles. The first-order chi connectivity index (χ1) is 8.41. The minimum Gasteiger partial charge on any atom is -0.475 e. The van der Waals surface area contributed by atoms with Gasteiger partial charge in [0.05, 0.1) is 5.54 Å². The predicted octanol–water partition coefficient (Wildman–Crippen LogP) is 1.14. The smallest absolute Gasteiger partial charge is 0.232 e. The molecule has 2 N–H and O–H groups in total. The van der Waals surface area contributed by atoms with Crippen molar-refractivity contribution < 1.29 is 13.2 Å². The van der Waals surface area contributed by atoms with Gasteiger partial charge < -0.3 is 10.5 Å². The second-order valence-corrected chi connectivity index (χ2v) is 6.92. The number of aromatic nitrogens is 1. The molecule has 1 fully saturated rings. The van der Waals surface area contributed by atoms with Crippen LogP contribution in [-0.4, -0.2) is 31.8 Å². The van der Waals surface area contributed by atoms with Crippen LogP contribution in [0.2, 0.25) is 0 Å². The van der Waals surface area contributed by atoms with Gasteiger partial charge in [-0.05, 0) is 25.0 Å². The first kappa shape index (κ1) is 13.3. The van der Waals surface area contributed by atoms with Crippen LogP contribution < -0.4 is 10.5 Å². The quantitative estimate of drug-likeness (QED) is 0.887. The van der Waals surface area contributed by atoms with Crippen molar-refractivity contribution in [3.63, 3.8) is 0 Å². The van der Waals surface area contributed by atoms with Crippen molar-refractivity contribution in [1.82, 2.24) is 4.98 Å². The van der Waals surface area contributed by atoms with Gasteiger partial charge in [0.15, 0.2) is 9.84 Å². The van der Waals surface area contributed by atoms with Gasteiger partial charge in [-0.1, -0.05) is 12.8 Å². The number of ether oxygens (including phenoxy) is 1. The molecule has 1 aromatic rings. The summed E-state index contributed by atoms with van der Waals surface area (Å²) >= 11 is 0. The summed E-state index contributed by atoms with van der Waals surface area (Å²) < 4.78 is 28.7. The summed E-state index contributed by atoms with van der Waals surface area (Å²) in [6, 6.07) is 3.08. The summed E-state index contributed by atoms with van der Waals surface area (Å²) in [6.45, 7) is 0.312. The molecule has 5 nitrogen and oxygen atoms in total. The van der Waals surface area contributed by atoms with Crippen molar-refractivity contribution in [2.75, 3.05) is 12.9 Å². The lowest BCUT2D eigenvalue weighted by Gasteiger charge is -2.23. The van der Waals surface area contributed by atoms with Gasteiger partial charge in [0.1, 0.15) is 11.5 Å².